The van der Waals surface area contributed by atoms with Crippen molar-refractivity contribution in [3.63, 3.8) is 0 Å². The lowest BCUT2D eigenvalue weighted by Crippen LogP contribution is -2.52. The van der Waals surface area contributed by atoms with Gasteiger partial charge in [-0.25, -0.2) is 0 Å². The Bertz CT molecular complexity index is 501. The number of ether oxygens (including phenoxy) is 2. The maximum atomic E-state index is 5.70. The molecule has 25 heavy (non-hydrogen) atoms. The van der Waals surface area contributed by atoms with Gasteiger partial charge in [-0.05, 0) is 30.4 Å². The molecule has 2 saturated heterocycles. The molecule has 3 heterocycles. The lowest BCUT2D eigenvalue weighted by molar-refractivity contribution is 0.0190. The Morgan fingerprint density at radius 3 is 2.88 bits per heavy atom. The molecule has 0 saturated carbocycles. The summed E-state index contributed by atoms with van der Waals surface area (Å²) < 4.78 is 11.3. The van der Waals surface area contributed by atoms with Crippen molar-refractivity contribution in [1.82, 2.24) is 10.2 Å². The third-order valence-electron chi connectivity index (χ3n) is 4.47. The molecule has 1 unspecified atom stereocenters. The SMILES string of the molecule is CN=C(NCCOCC1CCCO1)N1CCN(c2cccs2)CC1.I. The summed E-state index contributed by atoms with van der Waals surface area (Å²) in [6.07, 6.45) is 2.59. The summed E-state index contributed by atoms with van der Waals surface area (Å²) in [5.74, 6) is 0.974. The fourth-order valence-electron chi connectivity index (χ4n) is 3.15. The van der Waals surface area contributed by atoms with Gasteiger partial charge in [-0.3, -0.25) is 4.99 Å². The summed E-state index contributed by atoms with van der Waals surface area (Å²) in [5, 5.41) is 6.91. The number of hydrogen-bond donors (Lipinski definition) is 1. The van der Waals surface area contributed by atoms with Crippen molar-refractivity contribution in [1.29, 1.82) is 0 Å². The molecule has 0 radical (unpaired) electrons. The molecule has 6 nitrogen and oxygen atoms in total. The van der Waals surface area contributed by atoms with Gasteiger partial charge in [0.2, 0.25) is 0 Å². The van der Waals surface area contributed by atoms with Crippen LogP contribution in [0.25, 0.3) is 0 Å². The molecule has 3 rings (SSSR count). The third kappa shape index (κ3) is 6.26. The Balaban J connectivity index is 0.00000225. The van der Waals surface area contributed by atoms with Crippen LogP contribution in [0.5, 0.6) is 0 Å². The van der Waals surface area contributed by atoms with E-state index in [9.17, 15) is 0 Å². The summed E-state index contributed by atoms with van der Waals surface area (Å²) in [7, 11) is 1.85. The quantitative estimate of drug-likeness (QED) is 0.293. The van der Waals surface area contributed by atoms with E-state index in [1.54, 1.807) is 0 Å². The van der Waals surface area contributed by atoms with E-state index in [0.29, 0.717) is 19.3 Å². The zero-order chi connectivity index (χ0) is 16.6. The molecule has 1 aromatic heterocycles. The fourth-order valence-corrected chi connectivity index (χ4v) is 3.93. The molecule has 0 aliphatic carbocycles. The molecule has 2 fully saturated rings. The van der Waals surface area contributed by atoms with Gasteiger partial charge in [-0.15, -0.1) is 35.3 Å². The minimum absolute atomic E-state index is 0. The largest absolute Gasteiger partial charge is 0.377 e. The Labute approximate surface area is 171 Å². The second-order valence-corrected chi connectivity index (χ2v) is 7.04. The van der Waals surface area contributed by atoms with Gasteiger partial charge in [0.05, 0.1) is 24.3 Å². The first-order valence-corrected chi connectivity index (χ1v) is 9.68. The second-order valence-electron chi connectivity index (χ2n) is 6.11. The number of nitrogens with one attached hydrogen (secondary N) is 1. The average molecular weight is 480 g/mol. The van der Waals surface area contributed by atoms with Crippen LogP contribution in [0.4, 0.5) is 5.00 Å². The Morgan fingerprint density at radius 2 is 2.24 bits per heavy atom. The van der Waals surface area contributed by atoms with Gasteiger partial charge in [0.25, 0.3) is 0 Å². The Kier molecular flexibility index (Phi) is 9.29. The highest BCUT2D eigenvalue weighted by molar-refractivity contribution is 14.0. The van der Waals surface area contributed by atoms with Crippen LogP contribution in [0.15, 0.2) is 22.5 Å². The first kappa shape index (κ1) is 20.7. The van der Waals surface area contributed by atoms with Crippen LogP contribution in [0.2, 0.25) is 0 Å². The maximum absolute atomic E-state index is 5.70. The number of anilines is 1. The monoisotopic (exact) mass is 480 g/mol. The average Bonchev–Trinajstić information content (AvgIpc) is 3.32. The highest BCUT2D eigenvalue weighted by Crippen LogP contribution is 2.22. The van der Waals surface area contributed by atoms with Crippen molar-refractivity contribution in [2.75, 3.05) is 64.5 Å². The van der Waals surface area contributed by atoms with Crippen LogP contribution in [-0.2, 0) is 9.47 Å². The zero-order valence-electron chi connectivity index (χ0n) is 14.9. The molecular weight excluding hydrogens is 451 g/mol. The van der Waals surface area contributed by atoms with E-state index in [4.69, 9.17) is 9.47 Å². The first-order valence-electron chi connectivity index (χ1n) is 8.80. The van der Waals surface area contributed by atoms with E-state index < -0.39 is 0 Å². The number of piperazine rings is 1. The van der Waals surface area contributed by atoms with Gasteiger partial charge in [-0.1, -0.05) is 0 Å². The van der Waals surface area contributed by atoms with Gasteiger partial charge in [-0.2, -0.15) is 0 Å². The summed E-state index contributed by atoms with van der Waals surface area (Å²) in [6, 6.07) is 4.31. The van der Waals surface area contributed by atoms with Crippen LogP contribution in [0, 0.1) is 0 Å². The predicted octanol–water partition coefficient (Wildman–Crippen LogP) is 2.26. The van der Waals surface area contributed by atoms with Crippen molar-refractivity contribution >= 4 is 46.3 Å². The summed E-state index contributed by atoms with van der Waals surface area (Å²) in [4.78, 5) is 9.18. The topological polar surface area (TPSA) is 49.3 Å². The molecule has 142 valence electrons. The molecule has 0 aromatic carbocycles. The van der Waals surface area contributed by atoms with Crippen LogP contribution in [0.1, 0.15) is 12.8 Å². The van der Waals surface area contributed by atoms with Crippen molar-refractivity contribution in [3.05, 3.63) is 17.5 Å². The molecule has 0 amide bonds. The minimum Gasteiger partial charge on any atom is -0.377 e. The normalized spacial score (nSPS) is 21.3. The molecule has 0 spiro atoms. The molecule has 8 heteroatoms. The number of guanidine groups is 1. The molecule has 1 atom stereocenters. The van der Waals surface area contributed by atoms with Crippen molar-refractivity contribution in [2.24, 2.45) is 4.99 Å². The summed E-state index contributed by atoms with van der Waals surface area (Å²) in [5.41, 5.74) is 0. The predicted molar refractivity (Wildman–Crippen MR) is 115 cm³/mol. The molecule has 2 aliphatic rings. The minimum atomic E-state index is 0. The van der Waals surface area contributed by atoms with Gasteiger partial charge in [0.15, 0.2) is 5.96 Å². The molecular formula is C17H29IN4O2S. The second kappa shape index (κ2) is 11.2. The van der Waals surface area contributed by atoms with Gasteiger partial charge in [0, 0.05) is 46.4 Å². The van der Waals surface area contributed by atoms with Gasteiger partial charge < -0.3 is 24.6 Å². The van der Waals surface area contributed by atoms with Crippen molar-refractivity contribution in [2.45, 2.75) is 18.9 Å². The molecule has 2 aliphatic heterocycles. The van der Waals surface area contributed by atoms with Crippen LogP contribution < -0.4 is 10.2 Å². The van der Waals surface area contributed by atoms with E-state index >= 15 is 0 Å². The van der Waals surface area contributed by atoms with E-state index in [0.717, 1.165) is 58.1 Å². The fraction of sp³-hybridized carbons (Fsp3) is 0.706. The smallest absolute Gasteiger partial charge is 0.193 e. The maximum Gasteiger partial charge on any atom is 0.193 e. The first-order chi connectivity index (χ1) is 11.9. The third-order valence-corrected chi connectivity index (χ3v) is 5.40. The van der Waals surface area contributed by atoms with E-state index in [-0.39, 0.29) is 24.0 Å². The standard InChI is InChI=1S/C17H28N4O2S.HI/c1-18-17(19-6-12-22-14-15-4-2-11-23-15)21-9-7-20(8-10-21)16-5-3-13-24-16;/h3,5,13,15H,2,4,6-12,14H2,1H3,(H,18,19);1H. The van der Waals surface area contributed by atoms with Crippen LogP contribution in [-0.4, -0.2) is 76.6 Å². The number of rotatable bonds is 6. The van der Waals surface area contributed by atoms with Gasteiger partial charge >= 0.3 is 0 Å². The lowest BCUT2D eigenvalue weighted by atomic mass is 10.2. The van der Waals surface area contributed by atoms with E-state index in [2.05, 4.69) is 37.6 Å². The molecule has 0 bridgehead atoms. The summed E-state index contributed by atoms with van der Waals surface area (Å²) >= 11 is 1.81. The highest BCUT2D eigenvalue weighted by Gasteiger charge is 2.20. The van der Waals surface area contributed by atoms with E-state index in [1.165, 1.54) is 5.00 Å². The Morgan fingerprint density at radius 1 is 1.40 bits per heavy atom. The number of hydrogen-bond acceptors (Lipinski definition) is 5. The van der Waals surface area contributed by atoms with E-state index in [1.807, 2.05) is 18.4 Å². The Hall–Kier alpha value is -0.580. The van der Waals surface area contributed by atoms with Crippen molar-refractivity contribution < 1.29 is 9.47 Å². The lowest BCUT2D eigenvalue weighted by Gasteiger charge is -2.37. The van der Waals surface area contributed by atoms with Crippen molar-refractivity contribution in [3.8, 4) is 0 Å². The highest BCUT2D eigenvalue weighted by atomic mass is 127. The summed E-state index contributed by atoms with van der Waals surface area (Å²) in [6.45, 7) is 7.13. The number of aliphatic imine (C=N–C) groups is 1. The number of halogens is 1. The zero-order valence-corrected chi connectivity index (χ0v) is 18.0. The van der Waals surface area contributed by atoms with Crippen LogP contribution in [0.3, 0.4) is 0 Å². The van der Waals surface area contributed by atoms with Crippen LogP contribution >= 0.6 is 35.3 Å². The van der Waals surface area contributed by atoms with Gasteiger partial charge in [0.1, 0.15) is 0 Å². The number of thiophene rings is 1. The molecule has 1 N–H and O–H groups in total. The number of nitrogens with zero attached hydrogens (tertiary/aromatic N) is 3. The molecule has 1 aromatic rings.